The van der Waals surface area contributed by atoms with E-state index < -0.39 is 0 Å². The molecule has 4 nitrogen and oxygen atoms in total. The molecule has 0 saturated heterocycles. The zero-order valence-corrected chi connectivity index (χ0v) is 12.5. The van der Waals surface area contributed by atoms with Gasteiger partial charge in [-0.1, -0.05) is 25.1 Å². The Morgan fingerprint density at radius 2 is 1.91 bits per heavy atom. The highest BCUT2D eigenvalue weighted by molar-refractivity contribution is 6.00. The Morgan fingerprint density at radius 1 is 1.14 bits per heavy atom. The molecular formula is C18H19N3O. The Morgan fingerprint density at radius 3 is 2.68 bits per heavy atom. The van der Waals surface area contributed by atoms with Crippen LogP contribution >= 0.6 is 0 Å². The number of benzene rings is 2. The van der Waals surface area contributed by atoms with Crippen LogP contribution in [0.15, 0.2) is 48.5 Å². The molecule has 0 saturated carbocycles. The summed E-state index contributed by atoms with van der Waals surface area (Å²) in [6.45, 7) is 2.45. The molecule has 22 heavy (non-hydrogen) atoms. The zero-order chi connectivity index (χ0) is 15.5. The van der Waals surface area contributed by atoms with Crippen molar-refractivity contribution in [1.29, 1.82) is 0 Å². The molecule has 1 unspecified atom stereocenters. The SMILES string of the molecule is CCC(CN)NC(=O)c1ccc2nc3ccccc3cc2c1. The average Bonchev–Trinajstić information content (AvgIpc) is 2.57. The number of nitrogens with two attached hydrogens (primary N) is 1. The van der Waals surface area contributed by atoms with Crippen molar-refractivity contribution in [3.63, 3.8) is 0 Å². The lowest BCUT2D eigenvalue weighted by Gasteiger charge is -2.14. The van der Waals surface area contributed by atoms with Gasteiger partial charge in [0.2, 0.25) is 0 Å². The molecule has 1 heterocycles. The summed E-state index contributed by atoms with van der Waals surface area (Å²) in [5, 5.41) is 4.99. The first kappa shape index (κ1) is 14.5. The standard InChI is InChI=1S/C18H19N3O/c1-2-15(11-19)20-18(22)13-7-8-17-14(10-13)9-12-5-3-4-6-16(12)21-17/h3-10,15H,2,11,19H2,1H3,(H,20,22). The number of nitrogens with one attached hydrogen (secondary N) is 1. The highest BCUT2D eigenvalue weighted by atomic mass is 16.1. The second kappa shape index (κ2) is 6.12. The van der Waals surface area contributed by atoms with Gasteiger partial charge < -0.3 is 11.1 Å². The molecular weight excluding hydrogens is 274 g/mol. The van der Waals surface area contributed by atoms with E-state index in [1.807, 2.05) is 49.4 Å². The summed E-state index contributed by atoms with van der Waals surface area (Å²) < 4.78 is 0. The van der Waals surface area contributed by atoms with E-state index in [9.17, 15) is 4.79 Å². The second-order valence-electron chi connectivity index (χ2n) is 5.40. The number of carbonyl (C=O) groups excluding carboxylic acids is 1. The van der Waals surface area contributed by atoms with Crippen molar-refractivity contribution in [2.75, 3.05) is 6.54 Å². The smallest absolute Gasteiger partial charge is 0.251 e. The minimum Gasteiger partial charge on any atom is -0.348 e. The van der Waals surface area contributed by atoms with Crippen LogP contribution in [0.3, 0.4) is 0 Å². The quantitative estimate of drug-likeness (QED) is 0.727. The summed E-state index contributed by atoms with van der Waals surface area (Å²) in [5.41, 5.74) is 8.12. The van der Waals surface area contributed by atoms with E-state index in [1.54, 1.807) is 0 Å². The lowest BCUT2D eigenvalue weighted by atomic mass is 10.1. The van der Waals surface area contributed by atoms with Gasteiger partial charge in [-0.15, -0.1) is 0 Å². The Labute approximate surface area is 129 Å². The van der Waals surface area contributed by atoms with E-state index >= 15 is 0 Å². The van der Waals surface area contributed by atoms with Crippen LogP contribution < -0.4 is 11.1 Å². The van der Waals surface area contributed by atoms with Crippen molar-refractivity contribution in [2.45, 2.75) is 19.4 Å². The first-order valence-corrected chi connectivity index (χ1v) is 7.51. The minimum atomic E-state index is -0.0904. The van der Waals surface area contributed by atoms with Crippen molar-refractivity contribution >= 4 is 27.7 Å². The molecule has 3 aromatic rings. The first-order chi connectivity index (χ1) is 10.7. The first-order valence-electron chi connectivity index (χ1n) is 7.51. The summed E-state index contributed by atoms with van der Waals surface area (Å²) in [7, 11) is 0. The molecule has 4 heteroatoms. The molecule has 0 aliphatic carbocycles. The number of nitrogens with zero attached hydrogens (tertiary/aromatic N) is 1. The van der Waals surface area contributed by atoms with Crippen LogP contribution in [0.5, 0.6) is 0 Å². The van der Waals surface area contributed by atoms with E-state index in [1.165, 1.54) is 0 Å². The Bertz CT molecular complexity index is 825. The van der Waals surface area contributed by atoms with Gasteiger partial charge in [0.05, 0.1) is 11.0 Å². The number of pyridine rings is 1. The fourth-order valence-corrected chi connectivity index (χ4v) is 2.52. The molecule has 1 amide bonds. The van der Waals surface area contributed by atoms with Crippen LogP contribution in [0.25, 0.3) is 21.8 Å². The lowest BCUT2D eigenvalue weighted by Crippen LogP contribution is -2.39. The van der Waals surface area contributed by atoms with Crippen LogP contribution in [0.1, 0.15) is 23.7 Å². The molecule has 0 fully saturated rings. The predicted molar refractivity (Wildman–Crippen MR) is 89.8 cm³/mol. The number of amides is 1. The number of carbonyl (C=O) groups is 1. The molecule has 1 aromatic heterocycles. The Kier molecular flexibility index (Phi) is 4.02. The minimum absolute atomic E-state index is 0.0120. The van der Waals surface area contributed by atoms with Gasteiger partial charge in [-0.2, -0.15) is 0 Å². The fraction of sp³-hybridized carbons (Fsp3) is 0.222. The lowest BCUT2D eigenvalue weighted by molar-refractivity contribution is 0.0937. The number of fused-ring (bicyclic) bond motifs is 2. The van der Waals surface area contributed by atoms with Crippen molar-refractivity contribution in [2.24, 2.45) is 5.73 Å². The van der Waals surface area contributed by atoms with Gasteiger partial charge in [0, 0.05) is 28.9 Å². The van der Waals surface area contributed by atoms with E-state index in [-0.39, 0.29) is 11.9 Å². The maximum absolute atomic E-state index is 12.3. The van der Waals surface area contributed by atoms with Crippen LogP contribution in [0, 0.1) is 0 Å². The molecule has 3 rings (SSSR count). The largest absolute Gasteiger partial charge is 0.348 e. The van der Waals surface area contributed by atoms with Gasteiger partial charge in [-0.05, 0) is 36.8 Å². The molecule has 0 bridgehead atoms. The maximum Gasteiger partial charge on any atom is 0.251 e. The molecule has 3 N–H and O–H groups in total. The molecule has 112 valence electrons. The highest BCUT2D eigenvalue weighted by Crippen LogP contribution is 2.20. The van der Waals surface area contributed by atoms with E-state index in [2.05, 4.69) is 16.4 Å². The van der Waals surface area contributed by atoms with Crippen molar-refractivity contribution < 1.29 is 4.79 Å². The number of hydrogen-bond donors (Lipinski definition) is 2. The van der Waals surface area contributed by atoms with Gasteiger partial charge >= 0.3 is 0 Å². The maximum atomic E-state index is 12.3. The number of aromatic nitrogens is 1. The third-order valence-corrected chi connectivity index (χ3v) is 3.89. The average molecular weight is 293 g/mol. The summed E-state index contributed by atoms with van der Waals surface area (Å²) in [6.07, 6.45) is 0.821. The number of hydrogen-bond acceptors (Lipinski definition) is 3. The topological polar surface area (TPSA) is 68.0 Å². The predicted octanol–water partition coefficient (Wildman–Crippen LogP) is 2.86. The molecule has 0 spiro atoms. The third-order valence-electron chi connectivity index (χ3n) is 3.89. The fourth-order valence-electron chi connectivity index (χ4n) is 2.52. The van der Waals surface area contributed by atoms with Crippen molar-refractivity contribution in [3.05, 3.63) is 54.1 Å². The molecule has 1 atom stereocenters. The normalized spacial score (nSPS) is 12.5. The molecule has 2 aromatic carbocycles. The Balaban J connectivity index is 1.98. The van der Waals surface area contributed by atoms with E-state index in [0.717, 1.165) is 28.2 Å². The van der Waals surface area contributed by atoms with Gasteiger partial charge in [0.1, 0.15) is 0 Å². The second-order valence-corrected chi connectivity index (χ2v) is 5.40. The van der Waals surface area contributed by atoms with E-state index in [0.29, 0.717) is 12.1 Å². The van der Waals surface area contributed by atoms with Gasteiger partial charge in [-0.25, -0.2) is 4.98 Å². The summed E-state index contributed by atoms with van der Waals surface area (Å²) >= 11 is 0. The van der Waals surface area contributed by atoms with Crippen LogP contribution in [-0.2, 0) is 0 Å². The van der Waals surface area contributed by atoms with Crippen LogP contribution in [-0.4, -0.2) is 23.5 Å². The van der Waals surface area contributed by atoms with Crippen molar-refractivity contribution in [1.82, 2.24) is 10.3 Å². The monoisotopic (exact) mass is 293 g/mol. The molecule has 0 aliphatic heterocycles. The third kappa shape index (κ3) is 2.78. The van der Waals surface area contributed by atoms with Crippen molar-refractivity contribution in [3.8, 4) is 0 Å². The number of rotatable bonds is 4. The Hall–Kier alpha value is -2.46. The number of para-hydroxylation sites is 1. The summed E-state index contributed by atoms with van der Waals surface area (Å²) in [5.74, 6) is -0.0904. The van der Waals surface area contributed by atoms with E-state index in [4.69, 9.17) is 5.73 Å². The van der Waals surface area contributed by atoms with Crippen LogP contribution in [0.4, 0.5) is 0 Å². The van der Waals surface area contributed by atoms with Gasteiger partial charge in [-0.3, -0.25) is 4.79 Å². The van der Waals surface area contributed by atoms with Gasteiger partial charge in [0.25, 0.3) is 5.91 Å². The van der Waals surface area contributed by atoms with Gasteiger partial charge in [0.15, 0.2) is 0 Å². The summed E-state index contributed by atoms with van der Waals surface area (Å²) in [6, 6.07) is 15.6. The highest BCUT2D eigenvalue weighted by Gasteiger charge is 2.11. The zero-order valence-electron chi connectivity index (χ0n) is 12.5. The molecule has 0 radical (unpaired) electrons. The van der Waals surface area contributed by atoms with Crippen LogP contribution in [0.2, 0.25) is 0 Å². The summed E-state index contributed by atoms with van der Waals surface area (Å²) in [4.78, 5) is 16.9. The molecule has 0 aliphatic rings.